The number of thiazole rings is 1. The molecule has 1 aliphatic heterocycles. The third-order valence-corrected chi connectivity index (χ3v) is 6.36. The highest BCUT2D eigenvalue weighted by Crippen LogP contribution is 2.23. The molecule has 2 aromatic heterocycles. The Morgan fingerprint density at radius 1 is 0.968 bits per heavy atom. The summed E-state index contributed by atoms with van der Waals surface area (Å²) < 4.78 is 0.537. The van der Waals surface area contributed by atoms with Gasteiger partial charge in [-0.1, -0.05) is 24.3 Å². The predicted octanol–water partition coefficient (Wildman–Crippen LogP) is 4.73. The van der Waals surface area contributed by atoms with Crippen molar-refractivity contribution >= 4 is 41.2 Å². The number of benzene rings is 2. The molecule has 0 spiro atoms. The fraction of sp³-hybridized carbons (Fsp3) is 0.0833. The molecule has 2 N–H and O–H groups in total. The second kappa shape index (κ2) is 7.68. The van der Waals surface area contributed by atoms with E-state index in [1.807, 2.05) is 42.5 Å². The molecule has 0 bridgehead atoms. The molecule has 0 unspecified atom stereocenters. The number of nitrogens with zero attached hydrogens (tertiary/aromatic N) is 3. The summed E-state index contributed by atoms with van der Waals surface area (Å²) >= 11 is 6.41. The first kappa shape index (κ1) is 19.5. The molecule has 7 heteroatoms. The van der Waals surface area contributed by atoms with Gasteiger partial charge in [-0.25, -0.2) is 15.0 Å². The van der Waals surface area contributed by atoms with Crippen molar-refractivity contribution in [3.8, 4) is 17.1 Å². The van der Waals surface area contributed by atoms with Crippen LogP contribution < -0.4 is 10.6 Å². The van der Waals surface area contributed by atoms with Crippen LogP contribution in [0.1, 0.15) is 21.7 Å². The molecule has 5 rings (SSSR count). The molecule has 0 aliphatic carbocycles. The molecule has 0 amide bonds. The summed E-state index contributed by atoms with van der Waals surface area (Å²) in [7, 11) is 0. The summed E-state index contributed by atoms with van der Waals surface area (Å²) in [5.41, 5.74) is 5.98. The first-order valence-corrected chi connectivity index (χ1v) is 10.9. The van der Waals surface area contributed by atoms with E-state index in [0.29, 0.717) is 14.7 Å². The molecule has 0 fully saturated rings. The molecule has 4 aromatic rings. The van der Waals surface area contributed by atoms with Crippen molar-refractivity contribution in [1.82, 2.24) is 9.97 Å². The quantitative estimate of drug-likeness (QED) is 0.451. The number of aliphatic imine (C=N–C) groups is 1. The summed E-state index contributed by atoms with van der Waals surface area (Å²) in [4.78, 5) is 17.6. The maximum Gasteiger partial charge on any atom is 0.207 e. The lowest BCUT2D eigenvalue weighted by atomic mass is 10.0. The van der Waals surface area contributed by atoms with Gasteiger partial charge in [-0.2, -0.15) is 0 Å². The van der Waals surface area contributed by atoms with Crippen molar-refractivity contribution in [2.75, 3.05) is 0 Å². The third-order valence-electron chi connectivity index (χ3n) is 5.19. The van der Waals surface area contributed by atoms with E-state index in [1.165, 1.54) is 22.5 Å². The van der Waals surface area contributed by atoms with Gasteiger partial charge < -0.3 is 10.1 Å². The normalized spacial score (nSPS) is 13.1. The number of amidine groups is 1. The summed E-state index contributed by atoms with van der Waals surface area (Å²) in [6.45, 7) is 4.21. The van der Waals surface area contributed by atoms with Crippen LogP contribution in [0.25, 0.3) is 17.3 Å². The van der Waals surface area contributed by atoms with Crippen molar-refractivity contribution in [3.05, 3.63) is 90.8 Å². The molecule has 2 aromatic carbocycles. The average Bonchev–Trinajstić information content (AvgIpc) is 3.32. The topological polar surface area (TPSA) is 73.6 Å². The van der Waals surface area contributed by atoms with Gasteiger partial charge in [0.1, 0.15) is 5.69 Å². The van der Waals surface area contributed by atoms with Crippen LogP contribution in [0.5, 0.6) is 5.88 Å². The van der Waals surface area contributed by atoms with Crippen molar-refractivity contribution in [1.29, 1.82) is 0 Å². The van der Waals surface area contributed by atoms with E-state index >= 15 is 0 Å². The summed E-state index contributed by atoms with van der Waals surface area (Å²) in [6, 6.07) is 18.1. The molecule has 0 saturated heterocycles. The van der Waals surface area contributed by atoms with Gasteiger partial charge >= 0.3 is 0 Å². The Hall–Kier alpha value is -3.42. The van der Waals surface area contributed by atoms with Gasteiger partial charge in [-0.3, -0.25) is 0 Å². The molecular formula is C24H18N4OS2. The SMILES string of the molecule is Cc1ccc(-c2cccc(C3=Nc4c/c(=C\c5sc(=S)[nH]c5O)ccc4=N3)n2)cc1C. The molecule has 152 valence electrons. The van der Waals surface area contributed by atoms with Crippen LogP contribution >= 0.6 is 23.6 Å². The van der Waals surface area contributed by atoms with E-state index in [0.717, 1.165) is 33.2 Å². The van der Waals surface area contributed by atoms with Crippen LogP contribution in [0.4, 0.5) is 5.69 Å². The molecule has 0 saturated carbocycles. The van der Waals surface area contributed by atoms with Crippen molar-refractivity contribution in [2.45, 2.75) is 13.8 Å². The Morgan fingerprint density at radius 2 is 1.81 bits per heavy atom. The zero-order valence-electron chi connectivity index (χ0n) is 16.9. The fourth-order valence-electron chi connectivity index (χ4n) is 3.38. The van der Waals surface area contributed by atoms with Crippen LogP contribution in [0.15, 0.2) is 64.6 Å². The number of H-pyrrole nitrogens is 1. The molecule has 0 atom stereocenters. The molecule has 3 heterocycles. The average molecular weight is 443 g/mol. The number of hydrogen-bond acceptors (Lipinski definition) is 6. The number of fused-ring (bicyclic) bond motifs is 1. The van der Waals surface area contributed by atoms with Gasteiger partial charge in [0.2, 0.25) is 5.88 Å². The molecule has 5 nitrogen and oxygen atoms in total. The highest BCUT2D eigenvalue weighted by Gasteiger charge is 2.13. The standard InChI is InChI=1S/C24H18N4OS2/c1-13-6-8-16(10-14(13)2)17-4-3-5-19(25-17)22-26-18-9-7-15(11-20(18)27-22)12-21-23(29)28-24(30)31-21/h3-12,29H,1-2H3,(H,28,30)/b15-12-. The van der Waals surface area contributed by atoms with E-state index in [2.05, 4.69) is 42.0 Å². The van der Waals surface area contributed by atoms with E-state index in [9.17, 15) is 5.11 Å². The monoisotopic (exact) mass is 442 g/mol. The molecule has 31 heavy (non-hydrogen) atoms. The summed E-state index contributed by atoms with van der Waals surface area (Å²) in [5, 5.41) is 11.6. The van der Waals surface area contributed by atoms with E-state index in [1.54, 1.807) is 0 Å². The first-order chi connectivity index (χ1) is 15.0. The second-order valence-corrected chi connectivity index (χ2v) is 9.09. The lowest BCUT2D eigenvalue weighted by molar-refractivity contribution is 0.456. The maximum absolute atomic E-state index is 9.93. The minimum Gasteiger partial charge on any atom is -0.494 e. The fourth-order valence-corrected chi connectivity index (χ4v) is 4.44. The highest BCUT2D eigenvalue weighted by molar-refractivity contribution is 7.73. The largest absolute Gasteiger partial charge is 0.494 e. The van der Waals surface area contributed by atoms with Crippen LogP contribution in [-0.4, -0.2) is 20.9 Å². The van der Waals surface area contributed by atoms with Crippen molar-refractivity contribution in [3.63, 3.8) is 0 Å². The first-order valence-electron chi connectivity index (χ1n) is 9.73. The number of rotatable bonds is 3. The number of aromatic hydroxyl groups is 1. The number of nitrogens with one attached hydrogen (secondary N) is 1. The van der Waals surface area contributed by atoms with Crippen molar-refractivity contribution < 1.29 is 5.11 Å². The number of pyridine rings is 1. The number of aromatic nitrogens is 2. The number of hydrogen-bond donors (Lipinski definition) is 2. The summed E-state index contributed by atoms with van der Waals surface area (Å²) in [5.74, 6) is 0.676. The van der Waals surface area contributed by atoms with Crippen LogP contribution in [0.2, 0.25) is 0 Å². The Kier molecular flexibility index (Phi) is 4.84. The van der Waals surface area contributed by atoms with Crippen LogP contribution in [-0.2, 0) is 0 Å². The Morgan fingerprint density at radius 3 is 2.58 bits per heavy atom. The predicted molar refractivity (Wildman–Crippen MR) is 127 cm³/mol. The Balaban J connectivity index is 1.51. The van der Waals surface area contributed by atoms with E-state index in [-0.39, 0.29) is 5.88 Å². The van der Waals surface area contributed by atoms with Gasteiger partial charge in [0.25, 0.3) is 0 Å². The molecule has 0 radical (unpaired) electrons. The zero-order valence-corrected chi connectivity index (χ0v) is 18.5. The smallest absolute Gasteiger partial charge is 0.207 e. The third kappa shape index (κ3) is 3.85. The lowest BCUT2D eigenvalue weighted by Gasteiger charge is -2.06. The molecular weight excluding hydrogens is 424 g/mol. The minimum atomic E-state index is 0.0803. The number of aryl methyl sites for hydroxylation is 2. The van der Waals surface area contributed by atoms with Gasteiger partial charge in [0.15, 0.2) is 9.79 Å². The second-order valence-electron chi connectivity index (χ2n) is 7.37. The van der Waals surface area contributed by atoms with E-state index < -0.39 is 0 Å². The van der Waals surface area contributed by atoms with Gasteiger partial charge in [0.05, 0.1) is 21.6 Å². The van der Waals surface area contributed by atoms with Crippen LogP contribution in [0.3, 0.4) is 0 Å². The lowest BCUT2D eigenvalue weighted by Crippen LogP contribution is -2.07. The maximum atomic E-state index is 9.93. The van der Waals surface area contributed by atoms with Crippen LogP contribution in [0, 0.1) is 17.8 Å². The highest BCUT2D eigenvalue weighted by atomic mass is 32.1. The van der Waals surface area contributed by atoms with Gasteiger partial charge in [-0.15, -0.1) is 11.3 Å². The Bertz CT molecular complexity index is 1550. The van der Waals surface area contributed by atoms with E-state index in [4.69, 9.17) is 22.2 Å². The van der Waals surface area contributed by atoms with Gasteiger partial charge in [0, 0.05) is 5.56 Å². The minimum absolute atomic E-state index is 0.0803. The zero-order chi connectivity index (χ0) is 21.5. The number of aromatic amines is 1. The van der Waals surface area contributed by atoms with Gasteiger partial charge in [-0.05, 0) is 78.8 Å². The Labute approximate surface area is 187 Å². The van der Waals surface area contributed by atoms with Crippen molar-refractivity contribution in [2.24, 2.45) is 9.98 Å². The molecule has 1 aliphatic rings. The summed E-state index contributed by atoms with van der Waals surface area (Å²) in [6.07, 6.45) is 1.87.